The highest BCUT2D eigenvalue weighted by Gasteiger charge is 2.12. The summed E-state index contributed by atoms with van der Waals surface area (Å²) in [6.07, 6.45) is 0.679. The van der Waals surface area contributed by atoms with E-state index in [1.54, 1.807) is 18.7 Å². The van der Waals surface area contributed by atoms with Crippen LogP contribution in [-0.2, 0) is 11.2 Å². The van der Waals surface area contributed by atoms with Gasteiger partial charge >= 0.3 is 0 Å². The highest BCUT2D eigenvalue weighted by molar-refractivity contribution is 7.99. The van der Waals surface area contributed by atoms with Crippen molar-refractivity contribution < 1.29 is 14.3 Å². The number of carbonyl (C=O) groups excluding carboxylic acids is 1. The molecule has 5 rings (SSSR count). The van der Waals surface area contributed by atoms with Crippen LogP contribution in [-0.4, -0.2) is 52.2 Å². The number of hydrogen-bond acceptors (Lipinski definition) is 7. The van der Waals surface area contributed by atoms with Crippen molar-refractivity contribution in [3.8, 4) is 33.9 Å². The zero-order chi connectivity index (χ0) is 26.3. The molecule has 0 fully saturated rings. The molecule has 0 unspecified atom stereocenters. The van der Waals surface area contributed by atoms with Gasteiger partial charge in [0.1, 0.15) is 0 Å². The van der Waals surface area contributed by atoms with Crippen LogP contribution in [0.15, 0.2) is 90.1 Å². The van der Waals surface area contributed by atoms with E-state index in [9.17, 15) is 4.79 Å². The molecule has 0 atom stereocenters. The maximum atomic E-state index is 12.5. The van der Waals surface area contributed by atoms with Crippen LogP contribution in [0.1, 0.15) is 5.56 Å². The lowest BCUT2D eigenvalue weighted by Gasteiger charge is -2.10. The quantitative estimate of drug-likeness (QED) is 0.259. The van der Waals surface area contributed by atoms with Crippen LogP contribution in [0.3, 0.4) is 0 Å². The lowest BCUT2D eigenvalue weighted by molar-refractivity contribution is -0.118. The van der Waals surface area contributed by atoms with E-state index < -0.39 is 0 Å². The minimum atomic E-state index is -0.0834. The predicted molar refractivity (Wildman–Crippen MR) is 149 cm³/mol. The van der Waals surface area contributed by atoms with Gasteiger partial charge in [0.25, 0.3) is 0 Å². The van der Waals surface area contributed by atoms with Gasteiger partial charge in [0.05, 0.1) is 25.7 Å². The molecule has 0 radical (unpaired) electrons. The minimum absolute atomic E-state index is 0.0834. The Morgan fingerprint density at radius 1 is 0.842 bits per heavy atom. The predicted octanol–water partition coefficient (Wildman–Crippen LogP) is 4.93. The van der Waals surface area contributed by atoms with Crippen molar-refractivity contribution in [2.45, 2.75) is 11.6 Å². The van der Waals surface area contributed by atoms with E-state index in [1.165, 1.54) is 17.3 Å². The Kier molecular flexibility index (Phi) is 7.84. The van der Waals surface area contributed by atoms with Gasteiger partial charge in [-0.3, -0.25) is 4.79 Å². The van der Waals surface area contributed by atoms with Gasteiger partial charge in [0.2, 0.25) is 11.1 Å². The van der Waals surface area contributed by atoms with Gasteiger partial charge in [-0.15, -0.1) is 10.2 Å². The second-order valence-corrected chi connectivity index (χ2v) is 9.43. The van der Waals surface area contributed by atoms with Crippen molar-refractivity contribution in [3.63, 3.8) is 0 Å². The third-order valence-corrected chi connectivity index (χ3v) is 6.96. The number of aromatic nitrogens is 4. The van der Waals surface area contributed by atoms with Crippen molar-refractivity contribution in [2.75, 3.05) is 26.5 Å². The smallest absolute Gasteiger partial charge is 0.230 e. The summed E-state index contributed by atoms with van der Waals surface area (Å²) >= 11 is 1.30. The highest BCUT2D eigenvalue weighted by atomic mass is 32.2. The van der Waals surface area contributed by atoms with Crippen molar-refractivity contribution in [1.82, 2.24) is 25.1 Å². The molecule has 192 valence electrons. The summed E-state index contributed by atoms with van der Waals surface area (Å²) in [4.78, 5) is 12.5. The molecule has 0 aliphatic rings. The zero-order valence-electron chi connectivity index (χ0n) is 21.1. The molecule has 0 spiro atoms. The zero-order valence-corrected chi connectivity index (χ0v) is 21.9. The summed E-state index contributed by atoms with van der Waals surface area (Å²) in [5, 5.41) is 16.7. The molecule has 0 bridgehead atoms. The number of ether oxygens (including phenoxy) is 2. The van der Waals surface area contributed by atoms with Crippen LogP contribution >= 0.6 is 11.8 Å². The summed E-state index contributed by atoms with van der Waals surface area (Å²) in [6, 6.07) is 28.1. The molecule has 3 aromatic carbocycles. The average Bonchev–Trinajstić information content (AvgIpc) is 3.38. The fourth-order valence-corrected chi connectivity index (χ4v) is 4.76. The van der Waals surface area contributed by atoms with Crippen LogP contribution in [0.25, 0.3) is 28.0 Å². The molecule has 9 heteroatoms. The lowest BCUT2D eigenvalue weighted by Crippen LogP contribution is -2.27. The lowest BCUT2D eigenvalue weighted by atomic mass is 10.0. The number of amides is 1. The molecule has 0 aliphatic carbocycles. The SMILES string of the molecule is COc1ccc(CCNC(=O)CSc2nnc3ccc(-c4ccc(-c5ccccc5)cc4)nn23)cc1OC. The Morgan fingerprint density at radius 3 is 2.34 bits per heavy atom. The summed E-state index contributed by atoms with van der Waals surface area (Å²) in [5.74, 6) is 1.48. The monoisotopic (exact) mass is 525 g/mol. The third kappa shape index (κ3) is 5.78. The molecule has 5 aromatic rings. The normalized spacial score (nSPS) is 10.9. The number of nitrogens with one attached hydrogen (secondary N) is 1. The molecule has 1 N–H and O–H groups in total. The van der Waals surface area contributed by atoms with Crippen molar-refractivity contribution >= 4 is 23.3 Å². The van der Waals surface area contributed by atoms with Gasteiger partial charge in [0, 0.05) is 12.1 Å². The van der Waals surface area contributed by atoms with E-state index in [2.05, 4.69) is 51.9 Å². The number of fused-ring (bicyclic) bond motifs is 1. The Morgan fingerprint density at radius 2 is 1.58 bits per heavy atom. The van der Waals surface area contributed by atoms with E-state index in [1.807, 2.05) is 48.5 Å². The number of rotatable bonds is 10. The first-order chi connectivity index (χ1) is 18.6. The standard InChI is InChI=1S/C29H27N5O3S/c1-36-25-14-8-20(18-26(25)37-2)16-17-30-28(35)19-38-29-32-31-27-15-13-24(33-34(27)29)23-11-9-22(10-12-23)21-6-4-3-5-7-21/h3-15,18H,16-17,19H2,1-2H3,(H,30,35). The molecule has 38 heavy (non-hydrogen) atoms. The van der Waals surface area contributed by atoms with Crippen molar-refractivity contribution in [2.24, 2.45) is 0 Å². The Labute approximate surface area is 225 Å². The molecule has 2 heterocycles. The second-order valence-electron chi connectivity index (χ2n) is 8.49. The Balaban J connectivity index is 1.19. The first-order valence-electron chi connectivity index (χ1n) is 12.1. The summed E-state index contributed by atoms with van der Waals surface area (Å²) in [6.45, 7) is 0.511. The van der Waals surface area contributed by atoms with Gasteiger partial charge in [-0.1, -0.05) is 72.4 Å². The maximum absolute atomic E-state index is 12.5. The Hall–Kier alpha value is -4.37. The molecule has 1 amide bonds. The van der Waals surface area contributed by atoms with E-state index in [-0.39, 0.29) is 11.7 Å². The number of methoxy groups -OCH3 is 2. The molecule has 0 saturated carbocycles. The summed E-state index contributed by atoms with van der Waals surface area (Å²) in [7, 11) is 3.21. The topological polar surface area (TPSA) is 90.6 Å². The molecular weight excluding hydrogens is 498 g/mol. The molecule has 0 aliphatic heterocycles. The van der Waals surface area contributed by atoms with Gasteiger partial charge in [-0.05, 0) is 47.4 Å². The largest absolute Gasteiger partial charge is 0.493 e. The maximum Gasteiger partial charge on any atom is 0.230 e. The number of benzene rings is 3. The van der Waals surface area contributed by atoms with Gasteiger partial charge in [0.15, 0.2) is 17.1 Å². The van der Waals surface area contributed by atoms with Crippen LogP contribution < -0.4 is 14.8 Å². The number of hydrogen-bond donors (Lipinski definition) is 1. The molecular formula is C29H27N5O3S. The van der Waals surface area contributed by atoms with E-state index in [4.69, 9.17) is 14.6 Å². The van der Waals surface area contributed by atoms with Crippen molar-refractivity contribution in [3.05, 3.63) is 90.5 Å². The van der Waals surface area contributed by atoms with Crippen molar-refractivity contribution in [1.29, 1.82) is 0 Å². The van der Waals surface area contributed by atoms with Gasteiger partial charge < -0.3 is 14.8 Å². The summed E-state index contributed by atoms with van der Waals surface area (Å²) < 4.78 is 12.3. The van der Waals surface area contributed by atoms with Crippen LogP contribution in [0.4, 0.5) is 0 Å². The molecule has 8 nitrogen and oxygen atoms in total. The second kappa shape index (κ2) is 11.8. The van der Waals surface area contributed by atoms with E-state index in [0.29, 0.717) is 35.3 Å². The van der Waals surface area contributed by atoms with Gasteiger partial charge in [-0.2, -0.15) is 9.61 Å². The number of carbonyl (C=O) groups is 1. The van der Waals surface area contributed by atoms with Crippen LogP contribution in [0, 0.1) is 0 Å². The Bertz CT molecular complexity index is 1540. The van der Waals surface area contributed by atoms with Gasteiger partial charge in [-0.25, -0.2) is 0 Å². The van der Waals surface area contributed by atoms with E-state index >= 15 is 0 Å². The highest BCUT2D eigenvalue weighted by Crippen LogP contribution is 2.28. The first-order valence-corrected chi connectivity index (χ1v) is 13.1. The van der Waals surface area contributed by atoms with Crippen LogP contribution in [0.5, 0.6) is 11.5 Å². The first kappa shape index (κ1) is 25.3. The number of nitrogens with zero attached hydrogens (tertiary/aromatic N) is 4. The molecule has 2 aromatic heterocycles. The fraction of sp³-hybridized carbons (Fsp3) is 0.172. The van der Waals surface area contributed by atoms with E-state index in [0.717, 1.165) is 22.4 Å². The summed E-state index contributed by atoms with van der Waals surface area (Å²) in [5.41, 5.74) is 5.79. The molecule has 0 saturated heterocycles. The number of thioether (sulfide) groups is 1. The van der Waals surface area contributed by atoms with Crippen LogP contribution in [0.2, 0.25) is 0 Å². The average molecular weight is 526 g/mol. The third-order valence-electron chi connectivity index (χ3n) is 6.04. The fourth-order valence-electron chi connectivity index (χ4n) is 4.04. The minimum Gasteiger partial charge on any atom is -0.493 e.